The fraction of sp³-hybridized carbons (Fsp3) is 0.105. The third-order valence-electron chi connectivity index (χ3n) is 3.99. The molecule has 4 nitrogen and oxygen atoms in total. The predicted octanol–water partition coefficient (Wildman–Crippen LogP) is 3.66. The lowest BCUT2D eigenvalue weighted by molar-refractivity contribution is -0.138. The molecule has 0 spiro atoms. The highest BCUT2D eigenvalue weighted by atomic mass is 16.4. The maximum Gasteiger partial charge on any atom is 0.311 e. The molecule has 0 saturated heterocycles. The second-order valence-corrected chi connectivity index (χ2v) is 5.48. The third kappa shape index (κ3) is 2.97. The fourth-order valence-corrected chi connectivity index (χ4v) is 2.83. The van der Waals surface area contributed by atoms with E-state index in [1.54, 1.807) is 12.1 Å². The summed E-state index contributed by atoms with van der Waals surface area (Å²) in [6, 6.07) is 17.4. The minimum Gasteiger partial charge on any atom is -0.508 e. The molecule has 0 fully saturated rings. The van der Waals surface area contributed by atoms with Gasteiger partial charge in [-0.05, 0) is 34.4 Å². The number of rotatable bonds is 4. The number of phenols is 2. The molecule has 1 unspecified atom stereocenters. The van der Waals surface area contributed by atoms with Gasteiger partial charge >= 0.3 is 5.97 Å². The first kappa shape index (κ1) is 14.9. The van der Waals surface area contributed by atoms with Crippen molar-refractivity contribution < 1.29 is 20.1 Å². The van der Waals surface area contributed by atoms with Crippen molar-refractivity contribution in [1.29, 1.82) is 0 Å². The summed E-state index contributed by atoms with van der Waals surface area (Å²) < 4.78 is 0. The number of fused-ring (bicyclic) bond motifs is 1. The van der Waals surface area contributed by atoms with Gasteiger partial charge in [0.15, 0.2) is 0 Å². The van der Waals surface area contributed by atoms with Crippen molar-refractivity contribution in [3.8, 4) is 11.5 Å². The Morgan fingerprint density at radius 1 is 0.957 bits per heavy atom. The number of carbonyl (C=O) groups is 1. The average Bonchev–Trinajstić information content (AvgIpc) is 2.53. The largest absolute Gasteiger partial charge is 0.508 e. The number of hydrogen-bond donors (Lipinski definition) is 3. The normalized spacial score (nSPS) is 12.2. The van der Waals surface area contributed by atoms with Gasteiger partial charge in [-0.1, -0.05) is 48.5 Å². The first-order chi connectivity index (χ1) is 11.1. The number of carboxylic acids is 1. The molecule has 116 valence electrons. The molecule has 0 heterocycles. The first-order valence-corrected chi connectivity index (χ1v) is 7.27. The Kier molecular flexibility index (Phi) is 3.89. The average molecular weight is 308 g/mol. The molecule has 0 aliphatic rings. The molecule has 0 aromatic heterocycles. The summed E-state index contributed by atoms with van der Waals surface area (Å²) in [7, 11) is 0. The van der Waals surface area contributed by atoms with Crippen LogP contribution in [0, 0.1) is 0 Å². The van der Waals surface area contributed by atoms with E-state index in [9.17, 15) is 20.1 Å². The van der Waals surface area contributed by atoms with Crippen molar-refractivity contribution in [2.45, 2.75) is 12.3 Å². The summed E-state index contributed by atoms with van der Waals surface area (Å²) in [5, 5.41) is 30.8. The van der Waals surface area contributed by atoms with E-state index in [-0.39, 0.29) is 17.9 Å². The Labute approximate surface area is 133 Å². The molecule has 3 N–H and O–H groups in total. The van der Waals surface area contributed by atoms with Crippen LogP contribution in [0.1, 0.15) is 17.0 Å². The Morgan fingerprint density at radius 3 is 2.43 bits per heavy atom. The summed E-state index contributed by atoms with van der Waals surface area (Å²) in [6.07, 6.45) is 0.148. The highest BCUT2D eigenvalue weighted by molar-refractivity contribution is 5.90. The number of carboxylic acid groups (broad SMARTS) is 1. The SMILES string of the molecule is O=C(O)C(Cc1ccc(O)cc1O)c1cccc2ccccc12. The van der Waals surface area contributed by atoms with E-state index in [0.717, 1.165) is 10.8 Å². The Bertz CT molecular complexity index is 865. The third-order valence-corrected chi connectivity index (χ3v) is 3.99. The van der Waals surface area contributed by atoms with Crippen LogP contribution in [0.5, 0.6) is 11.5 Å². The van der Waals surface area contributed by atoms with Gasteiger partial charge in [-0.3, -0.25) is 4.79 Å². The molecule has 3 rings (SSSR count). The summed E-state index contributed by atoms with van der Waals surface area (Å²) in [6.45, 7) is 0. The van der Waals surface area contributed by atoms with Gasteiger partial charge in [0.25, 0.3) is 0 Å². The maximum absolute atomic E-state index is 11.8. The van der Waals surface area contributed by atoms with Gasteiger partial charge in [-0.2, -0.15) is 0 Å². The Balaban J connectivity index is 2.06. The van der Waals surface area contributed by atoms with E-state index in [4.69, 9.17) is 0 Å². The van der Waals surface area contributed by atoms with Gasteiger partial charge in [0.05, 0.1) is 5.92 Å². The molecule has 3 aromatic carbocycles. The zero-order valence-corrected chi connectivity index (χ0v) is 12.3. The Morgan fingerprint density at radius 2 is 1.70 bits per heavy atom. The first-order valence-electron chi connectivity index (χ1n) is 7.27. The lowest BCUT2D eigenvalue weighted by Crippen LogP contribution is -2.15. The zero-order valence-electron chi connectivity index (χ0n) is 12.3. The van der Waals surface area contributed by atoms with Crippen LogP contribution in [-0.2, 0) is 11.2 Å². The lowest BCUT2D eigenvalue weighted by Gasteiger charge is -2.16. The number of benzene rings is 3. The van der Waals surface area contributed by atoms with Crippen LogP contribution in [0.3, 0.4) is 0 Å². The van der Waals surface area contributed by atoms with Gasteiger partial charge in [0, 0.05) is 6.07 Å². The van der Waals surface area contributed by atoms with Crippen LogP contribution in [0.2, 0.25) is 0 Å². The smallest absolute Gasteiger partial charge is 0.311 e. The molecule has 0 amide bonds. The molecule has 23 heavy (non-hydrogen) atoms. The van der Waals surface area contributed by atoms with E-state index in [2.05, 4.69) is 0 Å². The standard InChI is InChI=1S/C19H16O4/c20-14-9-8-13(18(21)11-14)10-17(19(22)23)16-7-3-5-12-4-1-2-6-15(12)16/h1-9,11,17,20-21H,10H2,(H,22,23). The number of hydrogen-bond acceptors (Lipinski definition) is 3. The Hall–Kier alpha value is -3.01. The molecule has 3 aromatic rings. The van der Waals surface area contributed by atoms with Crippen molar-refractivity contribution in [1.82, 2.24) is 0 Å². The second kappa shape index (κ2) is 6.01. The molecule has 0 radical (unpaired) electrons. The molecule has 0 bridgehead atoms. The minimum absolute atomic E-state index is 0.0525. The van der Waals surface area contributed by atoms with Crippen molar-refractivity contribution >= 4 is 16.7 Å². The monoisotopic (exact) mass is 308 g/mol. The highest BCUT2D eigenvalue weighted by Crippen LogP contribution is 2.32. The van der Waals surface area contributed by atoms with E-state index in [1.807, 2.05) is 36.4 Å². The maximum atomic E-state index is 11.8. The van der Waals surface area contributed by atoms with Crippen molar-refractivity contribution in [2.24, 2.45) is 0 Å². The van der Waals surface area contributed by atoms with Crippen molar-refractivity contribution in [2.75, 3.05) is 0 Å². The lowest BCUT2D eigenvalue weighted by atomic mass is 9.88. The van der Waals surface area contributed by atoms with Crippen LogP contribution >= 0.6 is 0 Å². The van der Waals surface area contributed by atoms with Gasteiger partial charge in [0.1, 0.15) is 11.5 Å². The van der Waals surface area contributed by atoms with Gasteiger partial charge in [-0.15, -0.1) is 0 Å². The minimum atomic E-state index is -0.950. The van der Waals surface area contributed by atoms with Crippen LogP contribution in [-0.4, -0.2) is 21.3 Å². The topological polar surface area (TPSA) is 77.8 Å². The van der Waals surface area contributed by atoms with E-state index in [1.165, 1.54) is 12.1 Å². The number of phenolic OH excluding ortho intramolecular Hbond substituents is 2. The fourth-order valence-electron chi connectivity index (χ4n) is 2.83. The van der Waals surface area contributed by atoms with Gasteiger partial charge in [0.2, 0.25) is 0 Å². The quantitative estimate of drug-likeness (QED) is 0.687. The van der Waals surface area contributed by atoms with E-state index in [0.29, 0.717) is 11.1 Å². The number of aliphatic carboxylic acids is 1. The second-order valence-electron chi connectivity index (χ2n) is 5.48. The van der Waals surface area contributed by atoms with Crippen LogP contribution in [0.15, 0.2) is 60.7 Å². The van der Waals surface area contributed by atoms with Crippen molar-refractivity contribution in [3.63, 3.8) is 0 Å². The van der Waals surface area contributed by atoms with Crippen LogP contribution in [0.4, 0.5) is 0 Å². The van der Waals surface area contributed by atoms with Gasteiger partial charge < -0.3 is 15.3 Å². The highest BCUT2D eigenvalue weighted by Gasteiger charge is 2.23. The van der Waals surface area contributed by atoms with Crippen LogP contribution in [0.25, 0.3) is 10.8 Å². The predicted molar refractivity (Wildman–Crippen MR) is 87.8 cm³/mol. The molecular formula is C19H16O4. The summed E-state index contributed by atoms with van der Waals surface area (Å²) in [5.74, 6) is -1.88. The number of aromatic hydroxyl groups is 2. The summed E-state index contributed by atoms with van der Waals surface area (Å²) in [5.41, 5.74) is 1.20. The van der Waals surface area contributed by atoms with Crippen molar-refractivity contribution in [3.05, 3.63) is 71.8 Å². The molecule has 0 aliphatic heterocycles. The van der Waals surface area contributed by atoms with E-state index < -0.39 is 11.9 Å². The molecule has 1 atom stereocenters. The molecule has 4 heteroatoms. The zero-order chi connectivity index (χ0) is 16.4. The molecular weight excluding hydrogens is 292 g/mol. The molecule has 0 aliphatic carbocycles. The van der Waals surface area contributed by atoms with Gasteiger partial charge in [-0.25, -0.2) is 0 Å². The summed E-state index contributed by atoms with van der Waals surface area (Å²) >= 11 is 0. The van der Waals surface area contributed by atoms with Crippen LogP contribution < -0.4 is 0 Å². The van der Waals surface area contributed by atoms with E-state index >= 15 is 0 Å². The summed E-state index contributed by atoms with van der Waals surface area (Å²) in [4.78, 5) is 11.8. The molecule has 0 saturated carbocycles.